The number of halogens is 1. The summed E-state index contributed by atoms with van der Waals surface area (Å²) in [6, 6.07) is 3.13. The summed E-state index contributed by atoms with van der Waals surface area (Å²) < 4.78 is 0. The van der Waals surface area contributed by atoms with Crippen LogP contribution in [-0.4, -0.2) is 17.4 Å². The molecule has 0 aliphatic rings. The average molecular weight is 242 g/mol. The molecule has 0 spiro atoms. The molecule has 3 N–H and O–H groups in total. The molecule has 5 heteroatoms. The van der Waals surface area contributed by atoms with Gasteiger partial charge in [0.1, 0.15) is 11.5 Å². The minimum Gasteiger partial charge on any atom is -0.384 e. The maximum atomic E-state index is 11.7. The molecule has 1 aromatic heterocycles. The van der Waals surface area contributed by atoms with Crippen LogP contribution in [0.2, 0.25) is 5.02 Å². The van der Waals surface area contributed by atoms with Crippen molar-refractivity contribution in [3.05, 3.63) is 22.8 Å². The first kappa shape index (κ1) is 12.8. The Morgan fingerprint density at radius 2 is 2.31 bits per heavy atom. The van der Waals surface area contributed by atoms with Crippen molar-refractivity contribution < 1.29 is 4.79 Å². The minimum absolute atomic E-state index is 0.185. The fraction of sp³-hybridized carbons (Fsp3) is 0.455. The van der Waals surface area contributed by atoms with Crippen LogP contribution in [0.3, 0.4) is 0 Å². The highest BCUT2D eigenvalue weighted by Crippen LogP contribution is 2.15. The third-order valence-electron chi connectivity index (χ3n) is 2.39. The van der Waals surface area contributed by atoms with Crippen LogP contribution in [0.15, 0.2) is 12.1 Å². The molecule has 0 bridgehead atoms. The van der Waals surface area contributed by atoms with Crippen molar-refractivity contribution in [2.24, 2.45) is 5.92 Å². The molecule has 0 fully saturated rings. The number of aromatic nitrogens is 1. The highest BCUT2D eigenvalue weighted by molar-refractivity contribution is 6.33. The van der Waals surface area contributed by atoms with Crippen molar-refractivity contribution >= 4 is 23.3 Å². The van der Waals surface area contributed by atoms with Crippen LogP contribution in [-0.2, 0) is 0 Å². The maximum absolute atomic E-state index is 11.7. The van der Waals surface area contributed by atoms with E-state index in [0.717, 1.165) is 6.42 Å². The zero-order chi connectivity index (χ0) is 12.1. The molecule has 88 valence electrons. The van der Waals surface area contributed by atoms with Crippen LogP contribution >= 0.6 is 11.6 Å². The normalized spacial score (nSPS) is 12.2. The zero-order valence-electron chi connectivity index (χ0n) is 9.46. The third kappa shape index (κ3) is 3.38. The topological polar surface area (TPSA) is 68.0 Å². The Kier molecular flexibility index (Phi) is 4.55. The number of carbonyl (C=O) groups excluding carboxylic acids is 1. The fourth-order valence-corrected chi connectivity index (χ4v) is 1.30. The van der Waals surface area contributed by atoms with Gasteiger partial charge in [0.2, 0.25) is 0 Å². The molecule has 1 unspecified atom stereocenters. The summed E-state index contributed by atoms with van der Waals surface area (Å²) in [5, 5.41) is 3.09. The molecule has 1 rings (SSSR count). The smallest absolute Gasteiger partial charge is 0.271 e. The highest BCUT2D eigenvalue weighted by atomic mass is 35.5. The Hall–Kier alpha value is -1.29. The second-order valence-electron chi connectivity index (χ2n) is 3.79. The number of carbonyl (C=O) groups is 1. The highest BCUT2D eigenvalue weighted by Gasteiger charge is 2.12. The standard InChI is InChI=1S/C11H16ClN3O/c1-3-7(2)6-14-11(16)10-8(12)4-5-9(13)15-10/h4-5,7H,3,6H2,1-2H3,(H2,13,15)(H,14,16). The van der Waals surface area contributed by atoms with Crippen LogP contribution in [0.5, 0.6) is 0 Å². The van der Waals surface area contributed by atoms with Gasteiger partial charge in [-0.1, -0.05) is 31.9 Å². The SMILES string of the molecule is CCC(C)CNC(=O)c1nc(N)ccc1Cl. The van der Waals surface area contributed by atoms with Gasteiger partial charge in [0.05, 0.1) is 5.02 Å². The summed E-state index contributed by atoms with van der Waals surface area (Å²) in [5.74, 6) is 0.444. The minimum atomic E-state index is -0.280. The summed E-state index contributed by atoms with van der Waals surface area (Å²) in [7, 11) is 0. The number of nitrogen functional groups attached to an aromatic ring is 1. The van der Waals surface area contributed by atoms with E-state index in [-0.39, 0.29) is 17.4 Å². The molecule has 0 aromatic carbocycles. The van der Waals surface area contributed by atoms with Gasteiger partial charge in [0.15, 0.2) is 0 Å². The van der Waals surface area contributed by atoms with Gasteiger partial charge < -0.3 is 11.1 Å². The lowest BCUT2D eigenvalue weighted by atomic mass is 10.1. The van der Waals surface area contributed by atoms with Crippen molar-refractivity contribution in [1.82, 2.24) is 10.3 Å². The second kappa shape index (κ2) is 5.70. The summed E-state index contributed by atoms with van der Waals surface area (Å²) in [4.78, 5) is 15.6. The molecule has 0 saturated carbocycles. The summed E-state index contributed by atoms with van der Waals surface area (Å²) in [6.45, 7) is 4.75. The number of nitrogens with two attached hydrogens (primary N) is 1. The van der Waals surface area contributed by atoms with E-state index >= 15 is 0 Å². The molecule has 1 amide bonds. The largest absolute Gasteiger partial charge is 0.384 e. The molecule has 0 aliphatic heterocycles. The van der Waals surface area contributed by atoms with Gasteiger partial charge in [0.25, 0.3) is 5.91 Å². The maximum Gasteiger partial charge on any atom is 0.271 e. The fourth-order valence-electron chi connectivity index (χ4n) is 1.11. The Morgan fingerprint density at radius 1 is 1.62 bits per heavy atom. The summed E-state index contributed by atoms with van der Waals surface area (Å²) >= 11 is 5.86. The monoisotopic (exact) mass is 241 g/mol. The number of pyridine rings is 1. The van der Waals surface area contributed by atoms with Crippen LogP contribution in [0.4, 0.5) is 5.82 Å². The van der Waals surface area contributed by atoms with Crippen molar-refractivity contribution in [3.8, 4) is 0 Å². The van der Waals surface area contributed by atoms with E-state index in [0.29, 0.717) is 17.5 Å². The van der Waals surface area contributed by atoms with Crippen molar-refractivity contribution in [1.29, 1.82) is 0 Å². The molecular weight excluding hydrogens is 226 g/mol. The van der Waals surface area contributed by atoms with Gasteiger partial charge in [-0.05, 0) is 18.1 Å². The Morgan fingerprint density at radius 3 is 2.94 bits per heavy atom. The Balaban J connectivity index is 2.69. The van der Waals surface area contributed by atoms with Gasteiger partial charge in [-0.15, -0.1) is 0 Å². The van der Waals surface area contributed by atoms with E-state index in [1.165, 1.54) is 0 Å². The van der Waals surface area contributed by atoms with Crippen molar-refractivity contribution in [3.63, 3.8) is 0 Å². The quantitative estimate of drug-likeness (QED) is 0.848. The number of anilines is 1. The molecule has 1 heterocycles. The predicted octanol–water partition coefficient (Wildman–Crippen LogP) is 2.09. The van der Waals surface area contributed by atoms with Gasteiger partial charge in [-0.2, -0.15) is 0 Å². The van der Waals surface area contributed by atoms with E-state index < -0.39 is 0 Å². The van der Waals surface area contributed by atoms with Crippen LogP contribution in [0, 0.1) is 5.92 Å². The molecule has 0 aliphatic carbocycles. The first-order valence-corrected chi connectivity index (χ1v) is 5.62. The lowest BCUT2D eigenvalue weighted by Crippen LogP contribution is -2.29. The van der Waals surface area contributed by atoms with E-state index in [1.54, 1.807) is 12.1 Å². The average Bonchev–Trinajstić information content (AvgIpc) is 2.28. The molecule has 16 heavy (non-hydrogen) atoms. The molecule has 1 aromatic rings. The van der Waals surface area contributed by atoms with Crippen molar-refractivity contribution in [2.75, 3.05) is 12.3 Å². The Labute approximate surface area is 100 Å². The number of nitrogens with zero attached hydrogens (tertiary/aromatic N) is 1. The summed E-state index contributed by atoms with van der Waals surface area (Å²) in [5.41, 5.74) is 5.68. The predicted molar refractivity (Wildman–Crippen MR) is 65.4 cm³/mol. The van der Waals surface area contributed by atoms with Crippen LogP contribution in [0.1, 0.15) is 30.8 Å². The Bertz CT molecular complexity index is 381. The van der Waals surface area contributed by atoms with Crippen LogP contribution in [0.25, 0.3) is 0 Å². The van der Waals surface area contributed by atoms with E-state index in [1.807, 2.05) is 0 Å². The number of rotatable bonds is 4. The van der Waals surface area contributed by atoms with E-state index in [4.69, 9.17) is 17.3 Å². The number of nitrogens with one attached hydrogen (secondary N) is 1. The second-order valence-corrected chi connectivity index (χ2v) is 4.20. The van der Waals surface area contributed by atoms with Crippen molar-refractivity contribution in [2.45, 2.75) is 20.3 Å². The first-order chi connectivity index (χ1) is 7.54. The molecule has 4 nitrogen and oxygen atoms in total. The first-order valence-electron chi connectivity index (χ1n) is 5.24. The zero-order valence-corrected chi connectivity index (χ0v) is 10.2. The molecular formula is C11H16ClN3O. The number of hydrogen-bond acceptors (Lipinski definition) is 3. The molecule has 0 radical (unpaired) electrons. The number of amides is 1. The van der Waals surface area contributed by atoms with Gasteiger partial charge in [-0.3, -0.25) is 4.79 Å². The summed E-state index contributed by atoms with van der Waals surface area (Å²) in [6.07, 6.45) is 1.01. The molecule has 0 saturated heterocycles. The van der Waals surface area contributed by atoms with Gasteiger partial charge >= 0.3 is 0 Å². The van der Waals surface area contributed by atoms with E-state index in [2.05, 4.69) is 24.1 Å². The number of hydrogen-bond donors (Lipinski definition) is 2. The lowest BCUT2D eigenvalue weighted by molar-refractivity contribution is 0.0943. The third-order valence-corrected chi connectivity index (χ3v) is 2.70. The van der Waals surface area contributed by atoms with E-state index in [9.17, 15) is 4.79 Å². The lowest BCUT2D eigenvalue weighted by Gasteiger charge is -2.10. The molecule has 1 atom stereocenters. The van der Waals surface area contributed by atoms with Gasteiger partial charge in [-0.25, -0.2) is 4.98 Å². The van der Waals surface area contributed by atoms with Crippen LogP contribution < -0.4 is 11.1 Å². The van der Waals surface area contributed by atoms with Gasteiger partial charge in [0, 0.05) is 6.54 Å².